The van der Waals surface area contributed by atoms with Gasteiger partial charge in [0, 0.05) is 17.1 Å². The number of hydrogen-bond acceptors (Lipinski definition) is 2. The molecule has 78 valence electrons. The molecule has 0 unspecified atom stereocenters. The van der Waals surface area contributed by atoms with Crippen molar-refractivity contribution in [3.05, 3.63) is 34.5 Å². The lowest BCUT2D eigenvalue weighted by atomic mass is 10.1. The predicted octanol–water partition coefficient (Wildman–Crippen LogP) is 2.01. The molecule has 0 aliphatic heterocycles. The second-order valence-electron chi connectivity index (χ2n) is 3.12. The molecule has 0 saturated heterocycles. The summed E-state index contributed by atoms with van der Waals surface area (Å²) in [6.07, 6.45) is 1.62. The van der Waals surface area contributed by atoms with E-state index in [1.54, 1.807) is 12.3 Å². The van der Waals surface area contributed by atoms with Crippen LogP contribution >= 0.6 is 11.6 Å². The Hall–Kier alpha value is -1.52. The lowest BCUT2D eigenvalue weighted by Gasteiger charge is -2.05. The summed E-state index contributed by atoms with van der Waals surface area (Å²) >= 11 is 5.83. The number of benzene rings is 1. The largest absolute Gasteiger partial charge is 0.478 e. The SMILES string of the molecule is O=C(O)c1c(Cl)cc(CO)c2[nH]ccc12. The van der Waals surface area contributed by atoms with Gasteiger partial charge in [0.25, 0.3) is 0 Å². The van der Waals surface area contributed by atoms with Crippen molar-refractivity contribution >= 4 is 28.5 Å². The summed E-state index contributed by atoms with van der Waals surface area (Å²) in [4.78, 5) is 13.9. The fraction of sp³-hybridized carbons (Fsp3) is 0.100. The molecule has 0 saturated carbocycles. The van der Waals surface area contributed by atoms with Crippen LogP contribution in [0.15, 0.2) is 18.3 Å². The number of aliphatic hydroxyl groups is 1. The molecule has 0 aliphatic rings. The van der Waals surface area contributed by atoms with E-state index in [1.807, 2.05) is 0 Å². The summed E-state index contributed by atoms with van der Waals surface area (Å²) in [6.45, 7) is -0.184. The van der Waals surface area contributed by atoms with Gasteiger partial charge in [0.2, 0.25) is 0 Å². The van der Waals surface area contributed by atoms with Crippen LogP contribution in [0.2, 0.25) is 5.02 Å². The minimum atomic E-state index is -1.07. The van der Waals surface area contributed by atoms with Crippen LogP contribution in [0.3, 0.4) is 0 Å². The van der Waals surface area contributed by atoms with Crippen molar-refractivity contribution in [1.82, 2.24) is 4.98 Å². The molecular formula is C10H8ClNO3. The van der Waals surface area contributed by atoms with E-state index in [-0.39, 0.29) is 17.2 Å². The van der Waals surface area contributed by atoms with E-state index < -0.39 is 5.97 Å². The predicted molar refractivity (Wildman–Crippen MR) is 56.2 cm³/mol. The Kier molecular flexibility index (Phi) is 2.38. The zero-order chi connectivity index (χ0) is 11.0. The van der Waals surface area contributed by atoms with Gasteiger partial charge in [-0.1, -0.05) is 11.6 Å². The third-order valence-corrected chi connectivity index (χ3v) is 2.56. The normalized spacial score (nSPS) is 10.8. The van der Waals surface area contributed by atoms with Crippen LogP contribution in [0.5, 0.6) is 0 Å². The van der Waals surface area contributed by atoms with Crippen LogP contribution in [0.1, 0.15) is 15.9 Å². The topological polar surface area (TPSA) is 73.3 Å². The quantitative estimate of drug-likeness (QED) is 0.732. The molecule has 1 heterocycles. The number of aromatic carboxylic acids is 1. The van der Waals surface area contributed by atoms with Crippen LogP contribution < -0.4 is 0 Å². The number of aliphatic hydroxyl groups excluding tert-OH is 1. The summed E-state index contributed by atoms with van der Waals surface area (Å²) in [6, 6.07) is 3.09. The Bertz CT molecular complexity index is 533. The highest BCUT2D eigenvalue weighted by atomic mass is 35.5. The maximum atomic E-state index is 11.0. The van der Waals surface area contributed by atoms with Crippen molar-refractivity contribution in [2.45, 2.75) is 6.61 Å². The summed E-state index contributed by atoms with van der Waals surface area (Å²) in [5.74, 6) is -1.07. The average Bonchev–Trinajstić information content (AvgIpc) is 2.63. The molecule has 2 rings (SSSR count). The minimum Gasteiger partial charge on any atom is -0.478 e. The molecular weight excluding hydrogens is 218 g/mol. The van der Waals surface area contributed by atoms with E-state index in [2.05, 4.69) is 4.98 Å². The molecule has 3 N–H and O–H groups in total. The number of hydrogen-bond donors (Lipinski definition) is 3. The second-order valence-corrected chi connectivity index (χ2v) is 3.53. The zero-order valence-corrected chi connectivity index (χ0v) is 8.38. The molecule has 0 bridgehead atoms. The van der Waals surface area contributed by atoms with Gasteiger partial charge in [-0.05, 0) is 12.1 Å². The van der Waals surface area contributed by atoms with Gasteiger partial charge in [-0.2, -0.15) is 0 Å². The summed E-state index contributed by atoms with van der Waals surface area (Å²) < 4.78 is 0. The first kappa shape index (κ1) is 10.0. The maximum absolute atomic E-state index is 11.0. The lowest BCUT2D eigenvalue weighted by Crippen LogP contribution is -2.00. The van der Waals surface area contributed by atoms with Gasteiger partial charge < -0.3 is 15.2 Å². The molecule has 0 atom stereocenters. The number of fused-ring (bicyclic) bond motifs is 1. The lowest BCUT2D eigenvalue weighted by molar-refractivity contribution is 0.0699. The number of carbonyl (C=O) groups is 1. The number of aromatic amines is 1. The van der Waals surface area contributed by atoms with Crippen molar-refractivity contribution < 1.29 is 15.0 Å². The van der Waals surface area contributed by atoms with E-state index in [1.165, 1.54) is 6.07 Å². The second kappa shape index (κ2) is 3.56. The maximum Gasteiger partial charge on any atom is 0.337 e. The first-order valence-corrected chi connectivity index (χ1v) is 4.65. The van der Waals surface area contributed by atoms with Crippen LogP contribution in [0.25, 0.3) is 10.9 Å². The Balaban J connectivity index is 2.87. The number of H-pyrrole nitrogens is 1. The van der Waals surface area contributed by atoms with Gasteiger partial charge in [0.15, 0.2) is 0 Å². The van der Waals surface area contributed by atoms with Gasteiger partial charge in [-0.3, -0.25) is 0 Å². The highest BCUT2D eigenvalue weighted by molar-refractivity contribution is 6.35. The number of nitrogens with one attached hydrogen (secondary N) is 1. The smallest absolute Gasteiger partial charge is 0.337 e. The van der Waals surface area contributed by atoms with E-state index in [0.717, 1.165) is 0 Å². The van der Waals surface area contributed by atoms with E-state index >= 15 is 0 Å². The highest BCUT2D eigenvalue weighted by Crippen LogP contribution is 2.28. The van der Waals surface area contributed by atoms with Gasteiger partial charge >= 0.3 is 5.97 Å². The minimum absolute atomic E-state index is 0.0603. The summed E-state index contributed by atoms with van der Waals surface area (Å²) in [7, 11) is 0. The van der Waals surface area contributed by atoms with Crippen LogP contribution in [-0.2, 0) is 6.61 Å². The van der Waals surface area contributed by atoms with E-state index in [4.69, 9.17) is 21.8 Å². The summed E-state index contributed by atoms with van der Waals surface area (Å²) in [5.41, 5.74) is 1.26. The first-order valence-electron chi connectivity index (χ1n) is 4.27. The fourth-order valence-electron chi connectivity index (χ4n) is 1.61. The van der Waals surface area contributed by atoms with Crippen molar-refractivity contribution in [2.75, 3.05) is 0 Å². The Morgan fingerprint density at radius 1 is 1.53 bits per heavy atom. The third-order valence-electron chi connectivity index (χ3n) is 2.26. The molecule has 0 fully saturated rings. The Labute approximate surface area is 90.1 Å². The van der Waals surface area contributed by atoms with Gasteiger partial charge in [-0.15, -0.1) is 0 Å². The molecule has 5 heteroatoms. The van der Waals surface area contributed by atoms with E-state index in [0.29, 0.717) is 16.5 Å². The standard InChI is InChI=1S/C10H8ClNO3/c11-7-3-5(4-13)9-6(1-2-12-9)8(7)10(14)15/h1-3,12-13H,4H2,(H,14,15). The van der Waals surface area contributed by atoms with Gasteiger partial charge in [0.1, 0.15) is 0 Å². The summed E-state index contributed by atoms with van der Waals surface area (Å²) in [5, 5.41) is 18.7. The highest BCUT2D eigenvalue weighted by Gasteiger charge is 2.16. The Morgan fingerprint density at radius 3 is 2.87 bits per heavy atom. The van der Waals surface area contributed by atoms with Crippen LogP contribution in [0.4, 0.5) is 0 Å². The molecule has 0 spiro atoms. The van der Waals surface area contributed by atoms with Crippen molar-refractivity contribution in [1.29, 1.82) is 0 Å². The third kappa shape index (κ3) is 1.48. The number of carboxylic acid groups (broad SMARTS) is 1. The number of rotatable bonds is 2. The molecule has 15 heavy (non-hydrogen) atoms. The van der Waals surface area contributed by atoms with Crippen LogP contribution in [0, 0.1) is 0 Å². The average molecular weight is 226 g/mol. The molecule has 4 nitrogen and oxygen atoms in total. The first-order chi connectivity index (χ1) is 7.15. The molecule has 1 aromatic heterocycles. The molecule has 0 amide bonds. The molecule has 0 aliphatic carbocycles. The van der Waals surface area contributed by atoms with Crippen LogP contribution in [-0.4, -0.2) is 21.2 Å². The fourth-order valence-corrected chi connectivity index (χ4v) is 1.93. The molecule has 0 radical (unpaired) electrons. The number of halogens is 1. The van der Waals surface area contributed by atoms with Gasteiger partial charge in [0.05, 0.1) is 22.7 Å². The van der Waals surface area contributed by atoms with Crippen molar-refractivity contribution in [3.8, 4) is 0 Å². The number of carboxylic acids is 1. The van der Waals surface area contributed by atoms with E-state index in [9.17, 15) is 4.79 Å². The number of aromatic nitrogens is 1. The van der Waals surface area contributed by atoms with Crippen molar-refractivity contribution in [2.24, 2.45) is 0 Å². The monoisotopic (exact) mass is 225 g/mol. The molecule has 2 aromatic rings. The molecule has 1 aromatic carbocycles. The van der Waals surface area contributed by atoms with Crippen molar-refractivity contribution in [3.63, 3.8) is 0 Å². The Morgan fingerprint density at radius 2 is 2.27 bits per heavy atom. The zero-order valence-electron chi connectivity index (χ0n) is 7.62. The van der Waals surface area contributed by atoms with Gasteiger partial charge in [-0.25, -0.2) is 4.79 Å².